The molecule has 2 unspecified atom stereocenters. The molecule has 2 aliphatic rings. The number of piperidine rings is 1. The van der Waals surface area contributed by atoms with Crippen LogP contribution in [0.2, 0.25) is 0 Å². The topological polar surface area (TPSA) is 15.3 Å². The molecule has 1 aliphatic carbocycles. The minimum absolute atomic E-state index is 0.604. The van der Waals surface area contributed by atoms with Crippen molar-refractivity contribution in [3.05, 3.63) is 35.9 Å². The molecule has 2 atom stereocenters. The van der Waals surface area contributed by atoms with Crippen molar-refractivity contribution in [2.75, 3.05) is 13.1 Å². The highest BCUT2D eigenvalue weighted by Crippen LogP contribution is 2.36. The molecule has 1 saturated carbocycles. The van der Waals surface area contributed by atoms with Crippen LogP contribution < -0.4 is 5.32 Å². The molecule has 0 amide bonds. The van der Waals surface area contributed by atoms with Gasteiger partial charge in [-0.05, 0) is 44.2 Å². The van der Waals surface area contributed by atoms with Crippen molar-refractivity contribution in [3.8, 4) is 0 Å². The van der Waals surface area contributed by atoms with Crippen LogP contribution in [0, 0.1) is 0 Å². The number of benzene rings is 1. The summed E-state index contributed by atoms with van der Waals surface area (Å²) >= 11 is 0. The molecule has 20 heavy (non-hydrogen) atoms. The van der Waals surface area contributed by atoms with Crippen LogP contribution >= 0.6 is 0 Å². The van der Waals surface area contributed by atoms with Gasteiger partial charge in [0.2, 0.25) is 0 Å². The van der Waals surface area contributed by atoms with Gasteiger partial charge in [-0.3, -0.25) is 4.90 Å². The molecule has 2 fully saturated rings. The van der Waals surface area contributed by atoms with E-state index in [-0.39, 0.29) is 0 Å². The van der Waals surface area contributed by atoms with Crippen molar-refractivity contribution in [3.63, 3.8) is 0 Å². The van der Waals surface area contributed by atoms with Gasteiger partial charge in [-0.2, -0.15) is 0 Å². The Labute approximate surface area is 123 Å². The molecule has 2 nitrogen and oxygen atoms in total. The van der Waals surface area contributed by atoms with E-state index in [1.807, 2.05) is 0 Å². The fourth-order valence-electron chi connectivity index (χ4n) is 3.61. The predicted octanol–water partition coefficient (Wildman–Crippen LogP) is 3.74. The van der Waals surface area contributed by atoms with Gasteiger partial charge < -0.3 is 5.32 Å². The molecule has 0 aromatic heterocycles. The molecule has 2 heteroatoms. The van der Waals surface area contributed by atoms with Gasteiger partial charge >= 0.3 is 0 Å². The van der Waals surface area contributed by atoms with E-state index < -0.39 is 0 Å². The Kier molecular flexibility index (Phi) is 4.74. The van der Waals surface area contributed by atoms with Gasteiger partial charge in [-0.15, -0.1) is 0 Å². The van der Waals surface area contributed by atoms with Gasteiger partial charge in [-0.25, -0.2) is 0 Å². The van der Waals surface area contributed by atoms with E-state index in [0.717, 1.165) is 6.04 Å². The molecular weight excluding hydrogens is 244 g/mol. The maximum absolute atomic E-state index is 3.72. The minimum Gasteiger partial charge on any atom is -0.313 e. The third kappa shape index (κ3) is 3.42. The van der Waals surface area contributed by atoms with E-state index in [1.54, 1.807) is 0 Å². The molecule has 1 saturated heterocycles. The molecule has 3 rings (SSSR count). The number of rotatable bonds is 6. The Bertz CT molecular complexity index is 393. The van der Waals surface area contributed by atoms with Crippen LogP contribution in [-0.4, -0.2) is 30.1 Å². The van der Waals surface area contributed by atoms with Crippen molar-refractivity contribution in [1.82, 2.24) is 10.2 Å². The molecule has 0 bridgehead atoms. The van der Waals surface area contributed by atoms with Crippen LogP contribution in [-0.2, 0) is 0 Å². The van der Waals surface area contributed by atoms with E-state index in [2.05, 4.69) is 47.5 Å². The van der Waals surface area contributed by atoms with E-state index in [9.17, 15) is 0 Å². The molecule has 0 radical (unpaired) electrons. The van der Waals surface area contributed by atoms with E-state index >= 15 is 0 Å². The summed E-state index contributed by atoms with van der Waals surface area (Å²) in [4.78, 5) is 2.79. The van der Waals surface area contributed by atoms with Crippen LogP contribution in [0.5, 0.6) is 0 Å². The SMILES string of the molecule is CCC(c1ccccc1)N(CC1CCCCN1)C1CC1. The van der Waals surface area contributed by atoms with Crippen molar-refractivity contribution in [1.29, 1.82) is 0 Å². The number of nitrogens with one attached hydrogen (secondary N) is 1. The molecule has 0 spiro atoms. The molecule has 110 valence electrons. The zero-order valence-electron chi connectivity index (χ0n) is 12.7. The maximum Gasteiger partial charge on any atom is 0.0349 e. The lowest BCUT2D eigenvalue weighted by atomic mass is 9.99. The summed E-state index contributed by atoms with van der Waals surface area (Å²) in [6.07, 6.45) is 8.13. The first-order valence-corrected chi connectivity index (χ1v) is 8.42. The monoisotopic (exact) mass is 272 g/mol. The quantitative estimate of drug-likeness (QED) is 0.848. The van der Waals surface area contributed by atoms with Gasteiger partial charge in [0.15, 0.2) is 0 Å². The Morgan fingerprint density at radius 3 is 2.55 bits per heavy atom. The average molecular weight is 272 g/mol. The number of hydrogen-bond donors (Lipinski definition) is 1. The van der Waals surface area contributed by atoms with E-state index in [4.69, 9.17) is 0 Å². The summed E-state index contributed by atoms with van der Waals surface area (Å²) in [5.41, 5.74) is 1.50. The van der Waals surface area contributed by atoms with E-state index in [0.29, 0.717) is 12.1 Å². The Balaban J connectivity index is 1.71. The van der Waals surface area contributed by atoms with Gasteiger partial charge in [-0.1, -0.05) is 43.7 Å². The smallest absolute Gasteiger partial charge is 0.0349 e. The lowest BCUT2D eigenvalue weighted by Gasteiger charge is -2.36. The van der Waals surface area contributed by atoms with Gasteiger partial charge in [0.1, 0.15) is 0 Å². The second-order valence-corrected chi connectivity index (χ2v) is 6.41. The van der Waals surface area contributed by atoms with Crippen molar-refractivity contribution < 1.29 is 0 Å². The van der Waals surface area contributed by atoms with Crippen LogP contribution in [0.15, 0.2) is 30.3 Å². The first kappa shape index (κ1) is 14.1. The highest BCUT2D eigenvalue weighted by molar-refractivity contribution is 5.19. The molecule has 1 aromatic carbocycles. The summed E-state index contributed by atoms with van der Waals surface area (Å²) in [5.74, 6) is 0. The maximum atomic E-state index is 3.72. The van der Waals surface area contributed by atoms with Crippen LogP contribution in [0.3, 0.4) is 0 Å². The first-order chi connectivity index (χ1) is 9.88. The fourth-order valence-corrected chi connectivity index (χ4v) is 3.61. The van der Waals surface area contributed by atoms with Crippen LogP contribution in [0.1, 0.15) is 57.1 Å². The first-order valence-electron chi connectivity index (χ1n) is 8.42. The summed E-state index contributed by atoms with van der Waals surface area (Å²) in [6, 6.07) is 13.2. The van der Waals surface area contributed by atoms with Crippen LogP contribution in [0.4, 0.5) is 0 Å². The van der Waals surface area contributed by atoms with E-state index in [1.165, 1.54) is 57.2 Å². The molecule has 1 heterocycles. The third-order valence-corrected chi connectivity index (χ3v) is 4.83. The zero-order valence-corrected chi connectivity index (χ0v) is 12.7. The predicted molar refractivity (Wildman–Crippen MR) is 84.8 cm³/mol. The molecule has 1 aromatic rings. The van der Waals surface area contributed by atoms with Crippen molar-refractivity contribution in [2.45, 2.75) is 63.6 Å². The van der Waals surface area contributed by atoms with Gasteiger partial charge in [0, 0.05) is 24.7 Å². The second-order valence-electron chi connectivity index (χ2n) is 6.41. The second kappa shape index (κ2) is 6.73. The van der Waals surface area contributed by atoms with Crippen molar-refractivity contribution >= 4 is 0 Å². The lowest BCUT2D eigenvalue weighted by Crippen LogP contribution is -2.45. The summed E-state index contributed by atoms with van der Waals surface area (Å²) in [6.45, 7) is 4.78. The standard InChI is InChI=1S/C18H28N2/c1-2-18(15-8-4-3-5-9-15)20(17-11-12-17)14-16-10-6-7-13-19-16/h3-5,8-9,16-19H,2,6-7,10-14H2,1H3. The molecule has 1 aliphatic heterocycles. The molecular formula is C18H28N2. The normalized spacial score (nSPS) is 24.8. The van der Waals surface area contributed by atoms with Gasteiger partial charge in [0.25, 0.3) is 0 Å². The molecule has 1 N–H and O–H groups in total. The minimum atomic E-state index is 0.604. The average Bonchev–Trinajstić information content (AvgIpc) is 3.34. The Morgan fingerprint density at radius 1 is 1.15 bits per heavy atom. The van der Waals surface area contributed by atoms with Crippen LogP contribution in [0.25, 0.3) is 0 Å². The highest BCUT2D eigenvalue weighted by Gasteiger charge is 2.35. The van der Waals surface area contributed by atoms with Gasteiger partial charge in [0.05, 0.1) is 0 Å². The lowest BCUT2D eigenvalue weighted by molar-refractivity contribution is 0.152. The summed E-state index contributed by atoms with van der Waals surface area (Å²) < 4.78 is 0. The highest BCUT2D eigenvalue weighted by atomic mass is 15.2. The summed E-state index contributed by atoms with van der Waals surface area (Å²) in [5, 5.41) is 3.72. The zero-order chi connectivity index (χ0) is 13.8. The number of hydrogen-bond acceptors (Lipinski definition) is 2. The third-order valence-electron chi connectivity index (χ3n) is 4.83. The largest absolute Gasteiger partial charge is 0.313 e. The fraction of sp³-hybridized carbons (Fsp3) is 0.667. The Morgan fingerprint density at radius 2 is 1.95 bits per heavy atom. The Hall–Kier alpha value is -0.860. The number of nitrogens with zero attached hydrogens (tertiary/aromatic N) is 1. The van der Waals surface area contributed by atoms with Crippen molar-refractivity contribution in [2.24, 2.45) is 0 Å². The summed E-state index contributed by atoms with van der Waals surface area (Å²) in [7, 11) is 0.